The summed E-state index contributed by atoms with van der Waals surface area (Å²) < 4.78 is 58.8. The van der Waals surface area contributed by atoms with Crippen LogP contribution < -0.4 is 10.5 Å². The van der Waals surface area contributed by atoms with Crippen LogP contribution in [-0.4, -0.2) is 35.4 Å². The number of halogens is 4. The Hall–Kier alpha value is -2.78. The fourth-order valence-electron chi connectivity index (χ4n) is 2.90. The molecule has 1 aromatic carbocycles. The summed E-state index contributed by atoms with van der Waals surface area (Å²) in [5.74, 6) is -2.42. The van der Waals surface area contributed by atoms with E-state index in [0.717, 1.165) is 18.2 Å². The molecule has 1 aromatic heterocycles. The summed E-state index contributed by atoms with van der Waals surface area (Å²) in [7, 11) is 0. The molecule has 0 spiro atoms. The first-order chi connectivity index (χ1) is 12.2. The zero-order chi connectivity index (χ0) is 18.9. The second-order valence-corrected chi connectivity index (χ2v) is 5.91. The van der Waals surface area contributed by atoms with Crippen molar-refractivity contribution in [2.24, 2.45) is 0 Å². The van der Waals surface area contributed by atoms with E-state index in [1.54, 1.807) is 6.07 Å². The molecular formula is C16H15F4N3O3. The molecule has 0 atom stereocenters. The Kier molecular flexibility index (Phi) is 4.75. The second kappa shape index (κ2) is 6.85. The highest BCUT2D eigenvalue weighted by Crippen LogP contribution is 2.30. The van der Waals surface area contributed by atoms with Gasteiger partial charge in [0.15, 0.2) is 11.6 Å². The predicted molar refractivity (Wildman–Crippen MR) is 81.9 cm³/mol. The molecule has 2 N–H and O–H groups in total. The molecule has 0 aliphatic carbocycles. The van der Waals surface area contributed by atoms with E-state index in [1.807, 2.05) is 0 Å². The van der Waals surface area contributed by atoms with Gasteiger partial charge in [-0.25, -0.2) is 4.39 Å². The summed E-state index contributed by atoms with van der Waals surface area (Å²) in [6.45, 7) is 0.756. The third-order valence-corrected chi connectivity index (χ3v) is 4.15. The van der Waals surface area contributed by atoms with Gasteiger partial charge < -0.3 is 19.9 Å². The highest BCUT2D eigenvalue weighted by Gasteiger charge is 2.33. The van der Waals surface area contributed by atoms with Crippen molar-refractivity contribution in [3.05, 3.63) is 41.3 Å². The Labute approximate surface area is 145 Å². The van der Waals surface area contributed by atoms with Crippen molar-refractivity contribution in [1.29, 1.82) is 0 Å². The Morgan fingerprint density at radius 2 is 1.96 bits per heavy atom. The van der Waals surface area contributed by atoms with Gasteiger partial charge in [0, 0.05) is 30.6 Å². The standard InChI is InChI=1S/C16H15F4N3O3/c17-11-2-1-10(7-13(11)25-16(18,19)20)15(24)23-5-3-9(4-6-23)12-8-14(21)26-22-12/h1-2,7-9H,3-6,21H2. The Bertz CT molecular complexity index is 798. The first-order valence-corrected chi connectivity index (χ1v) is 7.79. The van der Waals surface area contributed by atoms with Crippen molar-refractivity contribution in [3.8, 4) is 5.75 Å². The number of amides is 1. The Balaban J connectivity index is 1.67. The quantitative estimate of drug-likeness (QED) is 0.835. The van der Waals surface area contributed by atoms with Gasteiger partial charge in [-0.1, -0.05) is 5.16 Å². The van der Waals surface area contributed by atoms with Crippen LogP contribution in [0.25, 0.3) is 0 Å². The molecule has 2 aromatic rings. The van der Waals surface area contributed by atoms with Crippen LogP contribution in [0.5, 0.6) is 5.75 Å². The van der Waals surface area contributed by atoms with Crippen molar-refractivity contribution in [3.63, 3.8) is 0 Å². The average molecular weight is 373 g/mol. The number of benzene rings is 1. The minimum absolute atomic E-state index is 0.0743. The molecule has 3 rings (SSSR count). The number of rotatable bonds is 3. The molecule has 1 amide bonds. The maximum atomic E-state index is 13.5. The summed E-state index contributed by atoms with van der Waals surface area (Å²) in [6, 6.07) is 4.29. The SMILES string of the molecule is Nc1cc(C2CCN(C(=O)c3ccc(F)c(OC(F)(F)F)c3)CC2)no1. The van der Waals surface area contributed by atoms with Gasteiger partial charge in [0.25, 0.3) is 5.91 Å². The fraction of sp³-hybridized carbons (Fsp3) is 0.375. The smallest absolute Gasteiger partial charge is 0.403 e. The van der Waals surface area contributed by atoms with E-state index in [0.29, 0.717) is 31.6 Å². The number of hydrogen-bond acceptors (Lipinski definition) is 5. The van der Waals surface area contributed by atoms with Crippen molar-refractivity contribution < 1.29 is 31.6 Å². The number of aromatic nitrogens is 1. The number of nitrogen functional groups attached to an aromatic ring is 1. The largest absolute Gasteiger partial charge is 0.573 e. The maximum Gasteiger partial charge on any atom is 0.573 e. The number of carbonyl (C=O) groups is 1. The number of nitrogens with zero attached hydrogens (tertiary/aromatic N) is 2. The number of hydrogen-bond donors (Lipinski definition) is 1. The summed E-state index contributed by atoms with van der Waals surface area (Å²) in [5.41, 5.74) is 6.12. The van der Waals surface area contributed by atoms with Crippen LogP contribution in [0.1, 0.15) is 34.8 Å². The van der Waals surface area contributed by atoms with Crippen molar-refractivity contribution >= 4 is 11.8 Å². The highest BCUT2D eigenvalue weighted by molar-refractivity contribution is 5.94. The average Bonchev–Trinajstić information content (AvgIpc) is 3.02. The highest BCUT2D eigenvalue weighted by atomic mass is 19.4. The lowest BCUT2D eigenvalue weighted by Gasteiger charge is -2.31. The summed E-state index contributed by atoms with van der Waals surface area (Å²) in [6.07, 6.45) is -3.84. The molecule has 1 saturated heterocycles. The van der Waals surface area contributed by atoms with Crippen LogP contribution in [0.4, 0.5) is 23.4 Å². The van der Waals surface area contributed by atoms with E-state index >= 15 is 0 Å². The lowest BCUT2D eigenvalue weighted by atomic mass is 9.93. The van der Waals surface area contributed by atoms with Gasteiger partial charge in [-0.15, -0.1) is 13.2 Å². The predicted octanol–water partition coefficient (Wildman–Crippen LogP) is 3.31. The van der Waals surface area contributed by atoms with Gasteiger partial charge in [-0.2, -0.15) is 0 Å². The molecule has 0 saturated carbocycles. The Morgan fingerprint density at radius 3 is 2.54 bits per heavy atom. The number of alkyl halides is 3. The van der Waals surface area contributed by atoms with Crippen molar-refractivity contribution in [1.82, 2.24) is 10.1 Å². The first-order valence-electron chi connectivity index (χ1n) is 7.79. The van der Waals surface area contributed by atoms with Gasteiger partial charge in [0.1, 0.15) is 0 Å². The normalized spacial score (nSPS) is 15.9. The van der Waals surface area contributed by atoms with E-state index < -0.39 is 23.8 Å². The summed E-state index contributed by atoms with van der Waals surface area (Å²) >= 11 is 0. The number of carbonyl (C=O) groups excluding carboxylic acids is 1. The lowest BCUT2D eigenvalue weighted by Crippen LogP contribution is -2.38. The molecule has 26 heavy (non-hydrogen) atoms. The molecule has 140 valence electrons. The van der Waals surface area contributed by atoms with Crippen molar-refractivity contribution in [2.75, 3.05) is 18.8 Å². The minimum Gasteiger partial charge on any atom is -0.403 e. The maximum absolute atomic E-state index is 13.5. The molecular weight excluding hydrogens is 358 g/mol. The molecule has 1 aliphatic rings. The van der Waals surface area contributed by atoms with Crippen LogP contribution in [0.3, 0.4) is 0 Å². The van der Waals surface area contributed by atoms with Gasteiger partial charge in [0.05, 0.1) is 5.69 Å². The molecule has 0 bridgehead atoms. The fourth-order valence-corrected chi connectivity index (χ4v) is 2.90. The summed E-state index contributed by atoms with van der Waals surface area (Å²) in [5, 5.41) is 3.85. The molecule has 0 unspecified atom stereocenters. The van der Waals surface area contributed by atoms with Gasteiger partial charge in [-0.05, 0) is 31.0 Å². The molecule has 2 heterocycles. The first kappa shape index (κ1) is 18.0. The van der Waals surface area contributed by atoms with E-state index in [4.69, 9.17) is 10.3 Å². The third kappa shape index (κ3) is 4.06. The molecule has 6 nitrogen and oxygen atoms in total. The van der Waals surface area contributed by atoms with Crippen LogP contribution in [0.15, 0.2) is 28.8 Å². The number of piperidine rings is 1. The van der Waals surface area contributed by atoms with Gasteiger partial charge >= 0.3 is 6.36 Å². The molecule has 10 heteroatoms. The van der Waals surface area contributed by atoms with Crippen molar-refractivity contribution in [2.45, 2.75) is 25.1 Å². The van der Waals surface area contributed by atoms with Crippen LogP contribution in [-0.2, 0) is 0 Å². The second-order valence-electron chi connectivity index (χ2n) is 5.91. The van der Waals surface area contributed by atoms with E-state index in [9.17, 15) is 22.4 Å². The van der Waals surface area contributed by atoms with E-state index in [2.05, 4.69) is 9.89 Å². The lowest BCUT2D eigenvalue weighted by molar-refractivity contribution is -0.275. The zero-order valence-electron chi connectivity index (χ0n) is 13.4. The van der Waals surface area contributed by atoms with Crippen LogP contribution in [0.2, 0.25) is 0 Å². The monoisotopic (exact) mass is 373 g/mol. The Morgan fingerprint density at radius 1 is 1.27 bits per heavy atom. The number of anilines is 1. The number of ether oxygens (including phenoxy) is 1. The zero-order valence-corrected chi connectivity index (χ0v) is 13.4. The minimum atomic E-state index is -5.04. The molecule has 0 radical (unpaired) electrons. The molecule has 1 aliphatic heterocycles. The molecule has 1 fully saturated rings. The number of likely N-dealkylation sites (tertiary alicyclic amines) is 1. The number of nitrogens with two attached hydrogens (primary N) is 1. The summed E-state index contributed by atoms with van der Waals surface area (Å²) in [4.78, 5) is 14.0. The van der Waals surface area contributed by atoms with Crippen LogP contribution in [0, 0.1) is 5.82 Å². The van der Waals surface area contributed by atoms with Gasteiger partial charge in [0.2, 0.25) is 5.88 Å². The third-order valence-electron chi connectivity index (χ3n) is 4.15. The topological polar surface area (TPSA) is 81.6 Å². The van der Waals surface area contributed by atoms with Gasteiger partial charge in [-0.3, -0.25) is 4.79 Å². The van der Waals surface area contributed by atoms with E-state index in [-0.39, 0.29) is 17.4 Å². The van der Waals surface area contributed by atoms with E-state index in [1.165, 1.54) is 4.90 Å². The van der Waals surface area contributed by atoms with Crippen LogP contribution >= 0.6 is 0 Å².